The Hall–Kier alpha value is -2.66. The van der Waals surface area contributed by atoms with Crippen LogP contribution in [0.4, 0.5) is 4.39 Å². The van der Waals surface area contributed by atoms with Crippen LogP contribution >= 0.6 is 11.6 Å². The number of hydrazine groups is 1. The van der Waals surface area contributed by atoms with Gasteiger partial charge in [-0.3, -0.25) is 20.4 Å². The van der Waals surface area contributed by atoms with Crippen LogP contribution in [0, 0.1) is 12.7 Å². The highest BCUT2D eigenvalue weighted by atomic mass is 35.5. The summed E-state index contributed by atoms with van der Waals surface area (Å²) < 4.78 is 13.5. The van der Waals surface area contributed by atoms with Gasteiger partial charge in [-0.1, -0.05) is 35.9 Å². The third kappa shape index (κ3) is 4.40. The monoisotopic (exact) mass is 332 g/mol. The molecule has 0 saturated heterocycles. The van der Waals surface area contributed by atoms with E-state index in [0.29, 0.717) is 5.56 Å². The fourth-order valence-electron chi connectivity index (χ4n) is 1.88. The predicted octanol–water partition coefficient (Wildman–Crippen LogP) is 3.26. The van der Waals surface area contributed by atoms with Crippen LogP contribution in [0.25, 0.3) is 6.08 Å². The summed E-state index contributed by atoms with van der Waals surface area (Å²) in [5.41, 5.74) is 5.86. The molecule has 2 aromatic carbocycles. The molecular formula is C17H14ClFN2O2. The van der Waals surface area contributed by atoms with Gasteiger partial charge in [-0.25, -0.2) is 4.39 Å². The summed E-state index contributed by atoms with van der Waals surface area (Å²) in [5, 5.41) is 0.193. The summed E-state index contributed by atoms with van der Waals surface area (Å²) in [6.45, 7) is 1.79. The molecule has 0 bridgehead atoms. The summed E-state index contributed by atoms with van der Waals surface area (Å²) in [5.74, 6) is -1.58. The predicted molar refractivity (Wildman–Crippen MR) is 87.2 cm³/mol. The molecule has 0 atom stereocenters. The molecule has 0 radical (unpaired) electrons. The van der Waals surface area contributed by atoms with Crippen molar-refractivity contribution in [3.8, 4) is 0 Å². The average Bonchev–Trinajstić information content (AvgIpc) is 2.52. The molecule has 2 rings (SSSR count). The van der Waals surface area contributed by atoms with Gasteiger partial charge in [-0.05, 0) is 36.8 Å². The summed E-state index contributed by atoms with van der Waals surface area (Å²) in [4.78, 5) is 23.6. The van der Waals surface area contributed by atoms with Crippen LogP contribution in [0.3, 0.4) is 0 Å². The van der Waals surface area contributed by atoms with E-state index in [2.05, 4.69) is 10.9 Å². The van der Waals surface area contributed by atoms with E-state index in [0.717, 1.165) is 11.6 Å². The second kappa shape index (κ2) is 7.56. The molecule has 0 fully saturated rings. The average molecular weight is 333 g/mol. The summed E-state index contributed by atoms with van der Waals surface area (Å²) in [6, 6.07) is 11.2. The Morgan fingerprint density at radius 2 is 1.83 bits per heavy atom. The van der Waals surface area contributed by atoms with Crippen molar-refractivity contribution in [2.24, 2.45) is 0 Å². The number of aryl methyl sites for hydroxylation is 1. The lowest BCUT2D eigenvalue weighted by Crippen LogP contribution is -2.41. The van der Waals surface area contributed by atoms with E-state index in [1.54, 1.807) is 25.1 Å². The first-order valence-electron chi connectivity index (χ1n) is 6.77. The van der Waals surface area contributed by atoms with Crippen LogP contribution in [-0.2, 0) is 4.79 Å². The van der Waals surface area contributed by atoms with E-state index in [-0.39, 0.29) is 10.6 Å². The largest absolute Gasteiger partial charge is 0.269 e. The van der Waals surface area contributed by atoms with Gasteiger partial charge < -0.3 is 0 Å². The van der Waals surface area contributed by atoms with E-state index in [9.17, 15) is 14.0 Å². The van der Waals surface area contributed by atoms with Crippen LogP contribution in [0.15, 0.2) is 48.5 Å². The minimum absolute atomic E-state index is 0.106. The SMILES string of the molecule is Cc1ccccc1C(=O)NNC(=O)/C=C/c1c(F)cccc1Cl. The topological polar surface area (TPSA) is 58.2 Å². The number of benzene rings is 2. The lowest BCUT2D eigenvalue weighted by molar-refractivity contribution is -0.117. The number of carbonyl (C=O) groups excluding carboxylic acids is 2. The molecule has 2 N–H and O–H groups in total. The van der Waals surface area contributed by atoms with E-state index >= 15 is 0 Å². The van der Waals surface area contributed by atoms with Gasteiger partial charge in [0.1, 0.15) is 5.82 Å². The Morgan fingerprint density at radius 3 is 2.52 bits per heavy atom. The molecule has 0 aliphatic heterocycles. The second-order valence-electron chi connectivity index (χ2n) is 4.73. The lowest BCUT2D eigenvalue weighted by atomic mass is 10.1. The van der Waals surface area contributed by atoms with Crippen LogP contribution in [0.2, 0.25) is 5.02 Å². The van der Waals surface area contributed by atoms with Crippen LogP contribution in [0.5, 0.6) is 0 Å². The molecule has 0 heterocycles. The first kappa shape index (κ1) is 16.7. The highest BCUT2D eigenvalue weighted by molar-refractivity contribution is 6.32. The van der Waals surface area contributed by atoms with Gasteiger partial charge in [0.2, 0.25) is 0 Å². The quantitative estimate of drug-likeness (QED) is 0.669. The highest BCUT2D eigenvalue weighted by Gasteiger charge is 2.08. The normalized spacial score (nSPS) is 10.6. The number of halogens is 2. The maximum absolute atomic E-state index is 13.5. The van der Waals surface area contributed by atoms with Crippen molar-refractivity contribution in [3.63, 3.8) is 0 Å². The maximum Gasteiger partial charge on any atom is 0.269 e. The zero-order valence-corrected chi connectivity index (χ0v) is 13.0. The standard InChI is InChI=1S/C17H14ClFN2O2/c1-11-5-2-3-6-12(11)17(23)21-20-16(22)10-9-13-14(18)7-4-8-15(13)19/h2-10H,1H3,(H,20,22)(H,21,23)/b10-9+. The zero-order chi connectivity index (χ0) is 16.8. The molecule has 118 valence electrons. The summed E-state index contributed by atoms with van der Waals surface area (Å²) in [6.07, 6.45) is 2.33. The van der Waals surface area contributed by atoms with Crippen molar-refractivity contribution in [3.05, 3.63) is 76.1 Å². The highest BCUT2D eigenvalue weighted by Crippen LogP contribution is 2.20. The molecule has 0 aliphatic carbocycles. The van der Waals surface area contributed by atoms with Crippen molar-refractivity contribution < 1.29 is 14.0 Å². The third-order valence-electron chi connectivity index (χ3n) is 3.09. The van der Waals surface area contributed by atoms with Gasteiger partial charge in [0, 0.05) is 17.2 Å². The van der Waals surface area contributed by atoms with Gasteiger partial charge in [-0.15, -0.1) is 0 Å². The first-order chi connectivity index (χ1) is 11.0. The number of hydrogen-bond acceptors (Lipinski definition) is 2. The van der Waals surface area contributed by atoms with Gasteiger partial charge >= 0.3 is 0 Å². The van der Waals surface area contributed by atoms with E-state index in [1.165, 1.54) is 24.3 Å². The third-order valence-corrected chi connectivity index (χ3v) is 3.42. The molecule has 0 aromatic heterocycles. The lowest BCUT2D eigenvalue weighted by Gasteiger charge is -2.07. The van der Waals surface area contributed by atoms with E-state index < -0.39 is 17.6 Å². The van der Waals surface area contributed by atoms with Crippen molar-refractivity contribution in [1.82, 2.24) is 10.9 Å². The Labute approximate surface area is 137 Å². The van der Waals surface area contributed by atoms with Crippen molar-refractivity contribution in [2.45, 2.75) is 6.92 Å². The van der Waals surface area contributed by atoms with Gasteiger partial charge in [0.25, 0.3) is 11.8 Å². The number of hydrogen-bond donors (Lipinski definition) is 2. The summed E-state index contributed by atoms with van der Waals surface area (Å²) >= 11 is 5.85. The Kier molecular flexibility index (Phi) is 5.49. The molecule has 23 heavy (non-hydrogen) atoms. The van der Waals surface area contributed by atoms with Gasteiger partial charge in [0.15, 0.2) is 0 Å². The number of carbonyl (C=O) groups is 2. The Bertz CT molecular complexity index is 755. The maximum atomic E-state index is 13.5. The van der Waals surface area contributed by atoms with Gasteiger partial charge in [0.05, 0.1) is 5.02 Å². The molecule has 6 heteroatoms. The van der Waals surface area contributed by atoms with Crippen LogP contribution < -0.4 is 10.9 Å². The minimum Gasteiger partial charge on any atom is -0.268 e. The van der Waals surface area contributed by atoms with Crippen LogP contribution in [0.1, 0.15) is 21.5 Å². The van der Waals surface area contributed by atoms with E-state index in [1.807, 2.05) is 6.07 Å². The fraction of sp³-hybridized carbons (Fsp3) is 0.0588. The van der Waals surface area contributed by atoms with Gasteiger partial charge in [-0.2, -0.15) is 0 Å². The Morgan fingerprint density at radius 1 is 1.09 bits per heavy atom. The van der Waals surface area contributed by atoms with E-state index in [4.69, 9.17) is 11.6 Å². The fourth-order valence-corrected chi connectivity index (χ4v) is 2.11. The molecule has 0 unspecified atom stereocenters. The first-order valence-corrected chi connectivity index (χ1v) is 7.15. The van der Waals surface area contributed by atoms with Crippen molar-refractivity contribution in [1.29, 1.82) is 0 Å². The minimum atomic E-state index is -0.605. The number of nitrogens with one attached hydrogen (secondary N) is 2. The van der Waals surface area contributed by atoms with Crippen molar-refractivity contribution in [2.75, 3.05) is 0 Å². The molecule has 4 nitrogen and oxygen atoms in total. The number of rotatable bonds is 3. The zero-order valence-electron chi connectivity index (χ0n) is 12.3. The van der Waals surface area contributed by atoms with Crippen LogP contribution in [-0.4, -0.2) is 11.8 Å². The molecule has 0 spiro atoms. The summed E-state index contributed by atoms with van der Waals surface area (Å²) in [7, 11) is 0. The second-order valence-corrected chi connectivity index (χ2v) is 5.13. The molecule has 0 aliphatic rings. The number of amides is 2. The molecule has 2 aromatic rings. The molecular weight excluding hydrogens is 319 g/mol. The smallest absolute Gasteiger partial charge is 0.268 e. The molecule has 2 amide bonds. The Balaban J connectivity index is 1.97. The molecule has 0 saturated carbocycles. The van der Waals surface area contributed by atoms with Crippen molar-refractivity contribution >= 4 is 29.5 Å².